The molecule has 0 radical (unpaired) electrons. The summed E-state index contributed by atoms with van der Waals surface area (Å²) in [6.45, 7) is 27.9. The van der Waals surface area contributed by atoms with Gasteiger partial charge in [-0.3, -0.25) is 0 Å². The molecule has 0 atom stereocenters. The maximum Gasteiger partial charge on any atom is 0.189 e. The van der Waals surface area contributed by atoms with Crippen LogP contribution in [-0.2, 0) is 35.2 Å². The first kappa shape index (κ1) is 40.8. The van der Waals surface area contributed by atoms with Crippen molar-refractivity contribution in [3.63, 3.8) is 0 Å². The average molecular weight is 697 g/mol. The molecule has 0 amide bonds. The second-order valence-corrected chi connectivity index (χ2v) is 18.0. The van der Waals surface area contributed by atoms with Gasteiger partial charge in [0.05, 0.1) is 26.4 Å². The zero-order valence-corrected chi connectivity index (χ0v) is 33.4. The van der Waals surface area contributed by atoms with Gasteiger partial charge >= 0.3 is 0 Å². The molecule has 0 aliphatic heterocycles. The minimum atomic E-state index is -1.46. The summed E-state index contributed by atoms with van der Waals surface area (Å²) in [6, 6.07) is 13.1. The van der Waals surface area contributed by atoms with Gasteiger partial charge in [-0.25, -0.2) is 0 Å². The van der Waals surface area contributed by atoms with Gasteiger partial charge in [0.1, 0.15) is 17.2 Å². The predicted molar refractivity (Wildman–Crippen MR) is 204 cm³/mol. The van der Waals surface area contributed by atoms with Crippen molar-refractivity contribution in [1.29, 1.82) is 0 Å². The van der Waals surface area contributed by atoms with Crippen LogP contribution in [0.2, 0.25) is 0 Å². The van der Waals surface area contributed by atoms with E-state index in [1.807, 2.05) is 0 Å². The number of hydrogen-bond donors (Lipinski definition) is 1. The van der Waals surface area contributed by atoms with Gasteiger partial charge in [-0.15, -0.1) is 0 Å². The second-order valence-electron chi connectivity index (χ2n) is 15.9. The molecule has 0 fully saturated rings. The maximum absolute atomic E-state index is 12.3. The molecular formula is C41H61O7P. The Kier molecular flexibility index (Phi) is 14.2. The van der Waals surface area contributed by atoms with Gasteiger partial charge in [0.25, 0.3) is 0 Å². The number of aromatic hydroxyl groups is 1. The first-order chi connectivity index (χ1) is 22.8. The molecule has 3 aromatic rings. The van der Waals surface area contributed by atoms with Gasteiger partial charge in [-0.05, 0) is 79.8 Å². The largest absolute Gasteiger partial charge is 0.507 e. The molecule has 0 heterocycles. The Labute approximate surface area is 297 Å². The number of methoxy groups -OCH3 is 2. The SMILES string of the molecule is COCCOCOc1c(P(c2cc(C)cc(C(C)(C)C)c2O)c2cc(C)cc(C(C)(C)C)c2OCOCCOC)cc(C)cc1C(C)(C)C. The van der Waals surface area contributed by atoms with Crippen LogP contribution in [0, 0.1) is 20.8 Å². The third-order valence-electron chi connectivity index (χ3n) is 8.24. The molecule has 8 heteroatoms. The zero-order chi connectivity index (χ0) is 36.7. The maximum atomic E-state index is 12.3. The van der Waals surface area contributed by atoms with Crippen LogP contribution < -0.4 is 25.4 Å². The van der Waals surface area contributed by atoms with Crippen LogP contribution in [0.15, 0.2) is 36.4 Å². The van der Waals surface area contributed by atoms with Crippen molar-refractivity contribution < 1.29 is 33.5 Å². The van der Waals surface area contributed by atoms with Crippen LogP contribution in [0.1, 0.15) is 95.7 Å². The number of phenols is 1. The van der Waals surface area contributed by atoms with Crippen LogP contribution in [0.5, 0.6) is 17.2 Å². The van der Waals surface area contributed by atoms with E-state index in [1.54, 1.807) is 14.2 Å². The first-order valence-corrected chi connectivity index (χ1v) is 18.5. The number of phenolic OH excluding ortho intramolecular Hbond substituents is 1. The van der Waals surface area contributed by atoms with Gasteiger partial charge in [0.2, 0.25) is 0 Å². The summed E-state index contributed by atoms with van der Waals surface area (Å²) in [6.07, 6.45) is 0. The number of hydrogen-bond acceptors (Lipinski definition) is 7. The number of rotatable bonds is 15. The Morgan fingerprint density at radius 3 is 1.20 bits per heavy atom. The Morgan fingerprint density at radius 2 is 0.857 bits per heavy atom. The number of aryl methyl sites for hydroxylation is 3. The van der Waals surface area contributed by atoms with E-state index >= 15 is 0 Å². The van der Waals surface area contributed by atoms with Crippen LogP contribution in [0.4, 0.5) is 0 Å². The molecule has 0 bridgehead atoms. The minimum Gasteiger partial charge on any atom is -0.507 e. The Morgan fingerprint density at radius 1 is 0.510 bits per heavy atom. The molecule has 0 aliphatic carbocycles. The van der Waals surface area contributed by atoms with E-state index in [2.05, 4.69) is 119 Å². The molecule has 3 aromatic carbocycles. The van der Waals surface area contributed by atoms with Crippen molar-refractivity contribution in [2.45, 2.75) is 99.3 Å². The van der Waals surface area contributed by atoms with Crippen molar-refractivity contribution in [2.75, 3.05) is 54.2 Å². The van der Waals surface area contributed by atoms with E-state index in [0.717, 1.165) is 60.8 Å². The molecule has 0 saturated heterocycles. The van der Waals surface area contributed by atoms with E-state index in [0.29, 0.717) is 32.2 Å². The van der Waals surface area contributed by atoms with E-state index in [4.69, 9.17) is 28.4 Å². The lowest BCUT2D eigenvalue weighted by Gasteiger charge is -2.33. The highest BCUT2D eigenvalue weighted by atomic mass is 31.1. The van der Waals surface area contributed by atoms with Crippen molar-refractivity contribution >= 4 is 23.8 Å². The molecule has 0 saturated carbocycles. The van der Waals surface area contributed by atoms with Crippen LogP contribution in [0.3, 0.4) is 0 Å². The van der Waals surface area contributed by atoms with E-state index in [1.165, 1.54) is 0 Å². The molecule has 0 aromatic heterocycles. The summed E-state index contributed by atoms with van der Waals surface area (Å²) in [7, 11) is 1.85. The van der Waals surface area contributed by atoms with Crippen molar-refractivity contribution in [1.82, 2.24) is 0 Å². The van der Waals surface area contributed by atoms with Crippen molar-refractivity contribution in [3.8, 4) is 17.2 Å². The lowest BCUT2D eigenvalue weighted by atomic mass is 9.85. The highest BCUT2D eigenvalue weighted by molar-refractivity contribution is 7.80. The number of benzene rings is 3. The van der Waals surface area contributed by atoms with Crippen molar-refractivity contribution in [2.24, 2.45) is 0 Å². The molecule has 0 unspecified atom stereocenters. The quantitative estimate of drug-likeness (QED) is 0.0982. The highest BCUT2D eigenvalue weighted by Crippen LogP contribution is 2.49. The summed E-state index contributed by atoms with van der Waals surface area (Å²) in [5, 5.41) is 15.2. The van der Waals surface area contributed by atoms with Crippen LogP contribution in [-0.4, -0.2) is 59.3 Å². The van der Waals surface area contributed by atoms with E-state index in [-0.39, 0.29) is 29.8 Å². The van der Waals surface area contributed by atoms with Crippen molar-refractivity contribution in [3.05, 3.63) is 69.8 Å². The fourth-order valence-corrected chi connectivity index (χ4v) is 8.64. The normalized spacial score (nSPS) is 12.6. The molecular weight excluding hydrogens is 635 g/mol. The summed E-state index contributed by atoms with van der Waals surface area (Å²) < 4.78 is 35.5. The third kappa shape index (κ3) is 10.7. The van der Waals surface area contributed by atoms with Gasteiger partial charge < -0.3 is 33.5 Å². The topological polar surface area (TPSA) is 75.6 Å². The Bertz CT molecular complexity index is 1460. The molecule has 3 rings (SSSR count). The van der Waals surface area contributed by atoms with Gasteiger partial charge in [-0.2, -0.15) is 0 Å². The van der Waals surface area contributed by atoms with Crippen LogP contribution >= 0.6 is 7.92 Å². The average Bonchev–Trinajstić information content (AvgIpc) is 2.98. The molecule has 49 heavy (non-hydrogen) atoms. The number of ether oxygens (including phenoxy) is 6. The van der Waals surface area contributed by atoms with Crippen LogP contribution in [0.25, 0.3) is 0 Å². The molecule has 0 aliphatic rings. The van der Waals surface area contributed by atoms with Gasteiger partial charge in [-0.1, -0.05) is 80.5 Å². The molecule has 272 valence electrons. The summed E-state index contributed by atoms with van der Waals surface area (Å²) in [4.78, 5) is 0. The zero-order valence-electron chi connectivity index (χ0n) is 32.6. The highest BCUT2D eigenvalue weighted by Gasteiger charge is 2.35. The third-order valence-corrected chi connectivity index (χ3v) is 10.7. The molecule has 1 N–H and O–H groups in total. The summed E-state index contributed by atoms with van der Waals surface area (Å²) in [5.74, 6) is 1.83. The minimum absolute atomic E-state index is 0.0659. The van der Waals surface area contributed by atoms with E-state index in [9.17, 15) is 5.11 Å². The molecule has 7 nitrogen and oxygen atoms in total. The standard InChI is InChI=1S/C41H61O7P/c1-27-19-30(39(4,5)6)36(42)33(22-27)49(34-23-28(2)20-31(40(7,8)9)37(34)47-25-45-17-15-43-13)35-24-29(3)21-32(41(10,11)12)38(35)48-26-46-18-16-44-14/h19-24,42H,15-18,25-26H2,1-14H3. The monoisotopic (exact) mass is 696 g/mol. The Balaban J connectivity index is 2.52. The fourth-order valence-electron chi connectivity index (χ4n) is 5.75. The van der Waals surface area contributed by atoms with Gasteiger partial charge in [0.15, 0.2) is 13.6 Å². The van der Waals surface area contributed by atoms with Gasteiger partial charge in [0, 0.05) is 46.8 Å². The summed E-state index contributed by atoms with van der Waals surface area (Å²) >= 11 is 0. The lowest BCUT2D eigenvalue weighted by molar-refractivity contribution is -0.00871. The lowest BCUT2D eigenvalue weighted by Crippen LogP contribution is -2.30. The van der Waals surface area contributed by atoms with E-state index < -0.39 is 7.92 Å². The summed E-state index contributed by atoms with van der Waals surface area (Å²) in [5.41, 5.74) is 5.56. The fraction of sp³-hybridized carbons (Fsp3) is 0.561. The molecule has 0 spiro atoms. The Hall–Kier alpha value is -2.67. The smallest absolute Gasteiger partial charge is 0.189 e. The predicted octanol–water partition coefficient (Wildman–Crippen LogP) is 7.97. The first-order valence-electron chi connectivity index (χ1n) is 17.1. The second kappa shape index (κ2) is 17.0.